The van der Waals surface area contributed by atoms with Gasteiger partial charge in [-0.15, -0.1) is 0 Å². The number of hydrogen-bond acceptors (Lipinski definition) is 3. The van der Waals surface area contributed by atoms with E-state index in [0.717, 1.165) is 25.7 Å². The minimum absolute atomic E-state index is 0.221. The molecule has 4 unspecified atom stereocenters. The molecule has 1 aliphatic heterocycles. The molecular weight excluding hydrogens is 469 g/mol. The molecule has 0 N–H and O–H groups in total. The average molecular weight is 505 g/mol. The Hall–Kier alpha value is -0.610. The van der Waals surface area contributed by atoms with Gasteiger partial charge in [0, 0.05) is 24.7 Å². The number of alkyl halides is 7. The highest BCUT2D eigenvalue weighted by molar-refractivity contribution is 4.95. The zero-order chi connectivity index (χ0) is 24.6. The van der Waals surface area contributed by atoms with Crippen LogP contribution in [0.5, 0.6) is 0 Å². The van der Waals surface area contributed by atoms with Crippen molar-refractivity contribution in [3.05, 3.63) is 0 Å². The molecule has 3 nitrogen and oxygen atoms in total. The van der Waals surface area contributed by atoms with Crippen molar-refractivity contribution in [2.75, 3.05) is 13.2 Å². The van der Waals surface area contributed by atoms with Crippen molar-refractivity contribution in [2.24, 2.45) is 29.6 Å². The second-order valence-electron chi connectivity index (χ2n) is 10.9. The van der Waals surface area contributed by atoms with E-state index in [1.54, 1.807) is 0 Å². The first-order chi connectivity index (χ1) is 16.0. The molecule has 4 aliphatic rings. The molecule has 0 spiro atoms. The maximum Gasteiger partial charge on any atom is 0.364 e. The van der Waals surface area contributed by atoms with Gasteiger partial charge < -0.3 is 14.2 Å². The van der Waals surface area contributed by atoms with E-state index >= 15 is 0 Å². The summed E-state index contributed by atoms with van der Waals surface area (Å²) in [4.78, 5) is 0. The first-order valence-electron chi connectivity index (χ1n) is 12.5. The van der Waals surface area contributed by atoms with Crippen molar-refractivity contribution < 1.29 is 44.9 Å². The molecule has 10 heteroatoms. The highest BCUT2D eigenvalue weighted by Crippen LogP contribution is 2.46. The molecule has 34 heavy (non-hydrogen) atoms. The third-order valence-electron chi connectivity index (χ3n) is 8.28. The Balaban J connectivity index is 1.29. The summed E-state index contributed by atoms with van der Waals surface area (Å²) in [5, 5.41) is 0. The lowest BCUT2D eigenvalue weighted by molar-refractivity contribution is -0.327. The van der Waals surface area contributed by atoms with Crippen molar-refractivity contribution >= 4 is 0 Å². The standard InChI is InChI=1S/C24H35F7O3/c1-12-2-4-13(5-3-12)15-10-32-23(33-11-15)14-6-17(25)21(18(26)7-14)24(30,31)34-16-8-19(27)22(29)20(28)9-16/h12-23H,2-11H2,1H3. The van der Waals surface area contributed by atoms with E-state index in [2.05, 4.69) is 11.7 Å². The van der Waals surface area contributed by atoms with Crippen LogP contribution in [-0.4, -0.2) is 62.6 Å². The van der Waals surface area contributed by atoms with Gasteiger partial charge in [0.15, 0.2) is 12.5 Å². The minimum atomic E-state index is -4.28. The molecule has 0 aromatic rings. The highest BCUT2D eigenvalue weighted by Gasteiger charge is 2.57. The number of hydrogen-bond donors (Lipinski definition) is 0. The Morgan fingerprint density at radius 2 is 1.21 bits per heavy atom. The second-order valence-corrected chi connectivity index (χ2v) is 10.9. The van der Waals surface area contributed by atoms with Crippen LogP contribution in [0.3, 0.4) is 0 Å². The molecule has 3 aliphatic carbocycles. The van der Waals surface area contributed by atoms with E-state index in [-0.39, 0.29) is 5.92 Å². The van der Waals surface area contributed by atoms with E-state index in [1.165, 1.54) is 0 Å². The molecule has 4 atom stereocenters. The third kappa shape index (κ3) is 5.85. The summed E-state index contributed by atoms with van der Waals surface area (Å²) < 4.78 is 116. The molecule has 4 fully saturated rings. The van der Waals surface area contributed by atoms with Crippen LogP contribution in [0.2, 0.25) is 0 Å². The third-order valence-corrected chi connectivity index (χ3v) is 8.28. The van der Waals surface area contributed by atoms with Crippen molar-refractivity contribution in [3.8, 4) is 0 Å². The largest absolute Gasteiger partial charge is 0.364 e. The van der Waals surface area contributed by atoms with Crippen LogP contribution in [0, 0.1) is 29.6 Å². The van der Waals surface area contributed by atoms with Crippen molar-refractivity contribution in [3.63, 3.8) is 0 Å². The van der Waals surface area contributed by atoms with Gasteiger partial charge >= 0.3 is 6.11 Å². The van der Waals surface area contributed by atoms with E-state index in [9.17, 15) is 30.7 Å². The quantitative estimate of drug-likeness (QED) is 0.412. The van der Waals surface area contributed by atoms with E-state index in [1.807, 2.05) is 0 Å². The Bertz CT molecular complexity index is 630. The van der Waals surface area contributed by atoms with Crippen molar-refractivity contribution in [1.82, 2.24) is 0 Å². The van der Waals surface area contributed by atoms with Gasteiger partial charge in [0.1, 0.15) is 30.6 Å². The van der Waals surface area contributed by atoms with Crippen LogP contribution in [-0.2, 0) is 14.2 Å². The van der Waals surface area contributed by atoms with Crippen molar-refractivity contribution in [1.29, 1.82) is 0 Å². The second kappa shape index (κ2) is 10.8. The molecule has 0 amide bonds. The number of halogens is 7. The summed E-state index contributed by atoms with van der Waals surface area (Å²) >= 11 is 0. The molecule has 1 saturated heterocycles. The van der Waals surface area contributed by atoms with E-state index in [0.29, 0.717) is 25.0 Å². The Kier molecular flexibility index (Phi) is 8.39. The Morgan fingerprint density at radius 1 is 0.676 bits per heavy atom. The minimum Gasteiger partial charge on any atom is -0.352 e. The molecule has 3 saturated carbocycles. The molecule has 0 aromatic heterocycles. The molecule has 198 valence electrons. The van der Waals surface area contributed by atoms with Gasteiger partial charge in [-0.2, -0.15) is 8.78 Å². The molecule has 0 radical (unpaired) electrons. The summed E-state index contributed by atoms with van der Waals surface area (Å²) in [7, 11) is 0. The Labute approximate surface area is 196 Å². The lowest BCUT2D eigenvalue weighted by Gasteiger charge is -2.44. The SMILES string of the molecule is CC1CCC(C2COC(C3CC(F)C(C(F)(F)OC4CC(F)C(F)C(F)C4)C(F)C3)OC2)CC1. The molecular formula is C24H35F7O3. The summed E-state index contributed by atoms with van der Waals surface area (Å²) in [5.74, 6) is -1.71. The predicted molar refractivity (Wildman–Crippen MR) is 110 cm³/mol. The monoisotopic (exact) mass is 504 g/mol. The molecule has 4 rings (SSSR count). The lowest BCUT2D eigenvalue weighted by Crippen LogP contribution is -2.53. The van der Waals surface area contributed by atoms with E-state index in [4.69, 9.17) is 9.47 Å². The van der Waals surface area contributed by atoms with Gasteiger partial charge in [0.2, 0.25) is 0 Å². The molecule has 1 heterocycles. The number of rotatable bonds is 5. The fourth-order valence-corrected chi connectivity index (χ4v) is 6.15. The Morgan fingerprint density at radius 3 is 1.74 bits per heavy atom. The topological polar surface area (TPSA) is 27.7 Å². The molecule has 0 bridgehead atoms. The van der Waals surface area contributed by atoms with E-state index < -0.39 is 86.9 Å². The fraction of sp³-hybridized carbons (Fsp3) is 1.00. The van der Waals surface area contributed by atoms with Crippen molar-refractivity contribution in [2.45, 2.75) is 108 Å². The van der Waals surface area contributed by atoms with Crippen LogP contribution < -0.4 is 0 Å². The zero-order valence-electron chi connectivity index (χ0n) is 19.4. The maximum absolute atomic E-state index is 14.9. The van der Waals surface area contributed by atoms with Crippen LogP contribution >= 0.6 is 0 Å². The van der Waals surface area contributed by atoms with Crippen LogP contribution in [0.25, 0.3) is 0 Å². The molecule has 0 aromatic carbocycles. The van der Waals surface area contributed by atoms with Gasteiger partial charge in [0.25, 0.3) is 0 Å². The lowest BCUT2D eigenvalue weighted by atomic mass is 9.76. The van der Waals surface area contributed by atoms with Gasteiger partial charge in [0.05, 0.1) is 19.3 Å². The normalized spacial score (nSPS) is 49.1. The highest BCUT2D eigenvalue weighted by atomic mass is 19.3. The summed E-state index contributed by atoms with van der Waals surface area (Å²) in [6, 6.07) is 0. The predicted octanol–water partition coefficient (Wildman–Crippen LogP) is 6.29. The summed E-state index contributed by atoms with van der Waals surface area (Å²) in [6.45, 7) is 3.07. The zero-order valence-corrected chi connectivity index (χ0v) is 19.4. The number of ether oxygens (including phenoxy) is 3. The maximum atomic E-state index is 14.9. The average Bonchev–Trinajstić information content (AvgIpc) is 2.77. The smallest absolute Gasteiger partial charge is 0.352 e. The fourth-order valence-electron chi connectivity index (χ4n) is 6.15. The summed E-state index contributed by atoms with van der Waals surface area (Å²) in [6.07, 6.45) is -16.2. The van der Waals surface area contributed by atoms with Gasteiger partial charge in [-0.3, -0.25) is 0 Å². The van der Waals surface area contributed by atoms with Gasteiger partial charge in [-0.1, -0.05) is 19.8 Å². The summed E-state index contributed by atoms with van der Waals surface area (Å²) in [5.41, 5.74) is 0. The first-order valence-corrected chi connectivity index (χ1v) is 12.5. The van der Waals surface area contributed by atoms with Gasteiger partial charge in [-0.25, -0.2) is 22.0 Å². The van der Waals surface area contributed by atoms with Crippen LogP contribution in [0.15, 0.2) is 0 Å². The van der Waals surface area contributed by atoms with Crippen LogP contribution in [0.1, 0.15) is 58.3 Å². The first kappa shape index (κ1) is 26.5. The van der Waals surface area contributed by atoms with Crippen LogP contribution in [0.4, 0.5) is 30.7 Å². The van der Waals surface area contributed by atoms with Gasteiger partial charge in [-0.05, 0) is 37.5 Å².